The molecule has 3 fully saturated rings. The fourth-order valence-electron chi connectivity index (χ4n) is 6.61. The lowest BCUT2D eigenvalue weighted by Crippen LogP contribution is -2.50. The maximum Gasteiger partial charge on any atom is 0.259 e. The lowest BCUT2D eigenvalue weighted by atomic mass is 9.88. The fraction of sp³-hybridized carbons (Fsp3) is 0.621. The normalized spacial score (nSPS) is 23.3. The van der Waals surface area contributed by atoms with Crippen molar-refractivity contribution >= 4 is 27.7 Å². The number of pyridine rings is 1. The van der Waals surface area contributed by atoms with Crippen molar-refractivity contribution in [3.05, 3.63) is 39.8 Å². The van der Waals surface area contributed by atoms with E-state index in [0.29, 0.717) is 30.1 Å². The molecule has 0 radical (unpaired) electrons. The summed E-state index contributed by atoms with van der Waals surface area (Å²) >= 11 is 0. The molecule has 1 amide bonds. The highest BCUT2D eigenvalue weighted by atomic mass is 16.5. The second-order valence-electron chi connectivity index (χ2n) is 11.9. The van der Waals surface area contributed by atoms with E-state index < -0.39 is 0 Å². The van der Waals surface area contributed by atoms with E-state index in [-0.39, 0.29) is 23.1 Å². The summed E-state index contributed by atoms with van der Waals surface area (Å²) in [5, 5.41) is 6.05. The molecule has 204 valence electrons. The number of nitrogens with one attached hydrogen (secondary N) is 1. The van der Waals surface area contributed by atoms with Crippen molar-refractivity contribution in [2.75, 3.05) is 52.5 Å². The van der Waals surface area contributed by atoms with Gasteiger partial charge < -0.3 is 19.4 Å². The number of aromatic amines is 1. The van der Waals surface area contributed by atoms with Crippen molar-refractivity contribution in [1.82, 2.24) is 24.6 Å². The van der Waals surface area contributed by atoms with E-state index in [1.807, 2.05) is 28.6 Å². The van der Waals surface area contributed by atoms with Crippen LogP contribution in [0.15, 0.2) is 23.1 Å². The van der Waals surface area contributed by atoms with Gasteiger partial charge in [0.2, 0.25) is 0 Å². The summed E-state index contributed by atoms with van der Waals surface area (Å²) < 4.78 is 13.4. The average molecular weight is 522 g/mol. The minimum absolute atomic E-state index is 0.0375. The molecule has 3 aliphatic rings. The molecule has 3 saturated heterocycles. The maximum atomic E-state index is 13.8. The van der Waals surface area contributed by atoms with Gasteiger partial charge in [0, 0.05) is 63.5 Å². The number of H-pyrrole nitrogens is 1. The Balaban J connectivity index is 1.24. The third-order valence-corrected chi connectivity index (χ3v) is 8.65. The van der Waals surface area contributed by atoms with Gasteiger partial charge in [-0.1, -0.05) is 0 Å². The first kappa shape index (κ1) is 25.5. The molecule has 0 aliphatic carbocycles. The Morgan fingerprint density at radius 1 is 1.08 bits per heavy atom. The van der Waals surface area contributed by atoms with Gasteiger partial charge in [-0.15, -0.1) is 0 Å². The number of carbonyl (C=O) groups excluding carboxylic acids is 1. The number of carbonyl (C=O) groups is 1. The van der Waals surface area contributed by atoms with Crippen LogP contribution in [0.4, 0.5) is 0 Å². The van der Waals surface area contributed by atoms with Gasteiger partial charge in [-0.25, -0.2) is 0 Å². The van der Waals surface area contributed by atoms with Crippen molar-refractivity contribution < 1.29 is 14.3 Å². The van der Waals surface area contributed by atoms with Gasteiger partial charge in [0.15, 0.2) is 0 Å². The highest BCUT2D eigenvalue weighted by molar-refractivity contribution is 6.07. The van der Waals surface area contributed by atoms with Gasteiger partial charge in [-0.2, -0.15) is 5.10 Å². The molecular formula is C29H39N5O4. The lowest BCUT2D eigenvalue weighted by Gasteiger charge is -2.40. The summed E-state index contributed by atoms with van der Waals surface area (Å²) in [5.41, 5.74) is 2.95. The largest absolute Gasteiger partial charge is 0.381 e. The van der Waals surface area contributed by atoms with E-state index in [4.69, 9.17) is 9.47 Å². The van der Waals surface area contributed by atoms with Crippen molar-refractivity contribution in [3.63, 3.8) is 0 Å². The molecule has 2 aromatic heterocycles. The first-order chi connectivity index (χ1) is 18.3. The maximum absolute atomic E-state index is 13.8. The average Bonchev–Trinajstić information content (AvgIpc) is 3.35. The van der Waals surface area contributed by atoms with Crippen LogP contribution in [0.3, 0.4) is 0 Å². The topological polar surface area (TPSA) is 92.7 Å². The number of fused-ring (bicyclic) bond motifs is 3. The molecule has 3 aliphatic heterocycles. The molecule has 9 nitrogen and oxygen atoms in total. The second-order valence-corrected chi connectivity index (χ2v) is 11.9. The Kier molecular flexibility index (Phi) is 6.78. The summed E-state index contributed by atoms with van der Waals surface area (Å²) in [4.78, 5) is 34.1. The lowest BCUT2D eigenvalue weighted by molar-refractivity contribution is -0.0778. The number of amides is 1. The number of benzene rings is 1. The predicted octanol–water partition coefficient (Wildman–Crippen LogP) is 3.50. The Morgan fingerprint density at radius 2 is 1.84 bits per heavy atom. The highest BCUT2D eigenvalue weighted by Crippen LogP contribution is 2.31. The van der Waals surface area contributed by atoms with Crippen LogP contribution in [-0.2, 0) is 9.47 Å². The van der Waals surface area contributed by atoms with Crippen LogP contribution in [0.5, 0.6) is 0 Å². The van der Waals surface area contributed by atoms with Crippen LogP contribution in [0.2, 0.25) is 0 Å². The fourth-order valence-corrected chi connectivity index (χ4v) is 6.61. The number of ether oxygens (including phenoxy) is 2. The predicted molar refractivity (Wildman–Crippen MR) is 147 cm³/mol. The van der Waals surface area contributed by atoms with E-state index in [0.717, 1.165) is 87.0 Å². The van der Waals surface area contributed by atoms with Crippen molar-refractivity contribution in [2.24, 2.45) is 5.92 Å². The Labute approximate surface area is 223 Å². The molecule has 3 aromatic rings. The van der Waals surface area contributed by atoms with Crippen molar-refractivity contribution in [3.8, 4) is 0 Å². The van der Waals surface area contributed by atoms with E-state index in [2.05, 4.69) is 28.8 Å². The first-order valence-electron chi connectivity index (χ1n) is 14.1. The monoisotopic (exact) mass is 521 g/mol. The van der Waals surface area contributed by atoms with Crippen LogP contribution >= 0.6 is 0 Å². The van der Waals surface area contributed by atoms with Gasteiger partial charge in [0.25, 0.3) is 11.5 Å². The molecule has 1 unspecified atom stereocenters. The third-order valence-electron chi connectivity index (χ3n) is 8.65. The Morgan fingerprint density at radius 3 is 2.58 bits per heavy atom. The Hall–Kier alpha value is -2.75. The summed E-state index contributed by atoms with van der Waals surface area (Å²) in [5.74, 6) is 0.710. The van der Waals surface area contributed by atoms with Gasteiger partial charge in [-0.3, -0.25) is 19.2 Å². The minimum Gasteiger partial charge on any atom is -0.381 e. The van der Waals surface area contributed by atoms with E-state index >= 15 is 0 Å². The number of piperazine rings is 1. The summed E-state index contributed by atoms with van der Waals surface area (Å²) in [6.45, 7) is 12.8. The van der Waals surface area contributed by atoms with Crippen LogP contribution in [0.1, 0.15) is 61.5 Å². The summed E-state index contributed by atoms with van der Waals surface area (Å²) in [7, 11) is 0. The van der Waals surface area contributed by atoms with Gasteiger partial charge in [0.1, 0.15) is 0 Å². The molecule has 0 spiro atoms. The highest BCUT2D eigenvalue weighted by Gasteiger charge is 2.31. The van der Waals surface area contributed by atoms with E-state index in [1.165, 1.54) is 0 Å². The van der Waals surface area contributed by atoms with Crippen LogP contribution < -0.4 is 5.56 Å². The quantitative estimate of drug-likeness (QED) is 0.565. The van der Waals surface area contributed by atoms with E-state index in [9.17, 15) is 9.59 Å². The third kappa shape index (κ3) is 4.87. The first-order valence-corrected chi connectivity index (χ1v) is 14.1. The molecule has 9 heteroatoms. The zero-order chi connectivity index (χ0) is 26.4. The molecule has 6 rings (SSSR count). The number of aromatic nitrogens is 3. The number of hydrogen-bond donors (Lipinski definition) is 1. The Bertz CT molecular complexity index is 1400. The molecule has 0 bridgehead atoms. The number of nitrogens with zero attached hydrogens (tertiary/aromatic N) is 4. The SMILES string of the molecule is Cc1cc2[nH]c(=O)c3cnn(C4CCOCC4)c3c2cc1C(=O)N1CCN(CC2CCOC(C)(C)C2)CC1. The van der Waals surface area contributed by atoms with Gasteiger partial charge in [0.05, 0.1) is 34.3 Å². The summed E-state index contributed by atoms with van der Waals surface area (Å²) in [6, 6.07) is 4.09. The minimum atomic E-state index is -0.145. The van der Waals surface area contributed by atoms with Crippen molar-refractivity contribution in [2.45, 2.75) is 58.1 Å². The molecule has 1 aromatic carbocycles. The number of aryl methyl sites for hydroxylation is 1. The zero-order valence-electron chi connectivity index (χ0n) is 22.8. The molecule has 0 saturated carbocycles. The number of hydrogen-bond acceptors (Lipinski definition) is 6. The molecule has 1 atom stereocenters. The zero-order valence-corrected chi connectivity index (χ0v) is 22.8. The van der Waals surface area contributed by atoms with Crippen LogP contribution in [-0.4, -0.2) is 88.6 Å². The van der Waals surface area contributed by atoms with Gasteiger partial charge >= 0.3 is 0 Å². The summed E-state index contributed by atoms with van der Waals surface area (Å²) in [6.07, 6.45) is 5.57. The standard InChI is InChI=1S/C29H39N5O4/c1-19-14-25-23(26-24(27(35)31-25)17-30-34(26)21-5-11-37-12-6-21)15-22(19)28(36)33-9-7-32(8-10-33)18-20-4-13-38-29(2,3)16-20/h14-15,17,20-21H,4-13,16,18H2,1-3H3,(H,31,35). The molecular weight excluding hydrogens is 482 g/mol. The smallest absolute Gasteiger partial charge is 0.259 e. The van der Waals surface area contributed by atoms with Crippen LogP contribution in [0.25, 0.3) is 21.8 Å². The van der Waals surface area contributed by atoms with Gasteiger partial charge in [-0.05, 0) is 70.1 Å². The van der Waals surface area contributed by atoms with E-state index in [1.54, 1.807) is 6.20 Å². The van der Waals surface area contributed by atoms with Crippen LogP contribution in [0, 0.1) is 12.8 Å². The second kappa shape index (κ2) is 10.1. The molecule has 38 heavy (non-hydrogen) atoms. The molecule has 5 heterocycles. The van der Waals surface area contributed by atoms with Crippen molar-refractivity contribution in [1.29, 1.82) is 0 Å². The molecule has 1 N–H and O–H groups in total. The number of rotatable bonds is 4.